The number of benzene rings is 1. The van der Waals surface area contributed by atoms with Crippen LogP contribution in [-0.2, 0) is 16.1 Å². The van der Waals surface area contributed by atoms with Crippen molar-refractivity contribution < 1.29 is 14.0 Å². The highest BCUT2D eigenvalue weighted by atomic mass is 35.5. The number of rotatable bonds is 6. The minimum Gasteiger partial charge on any atom is -0.379 e. The van der Waals surface area contributed by atoms with E-state index < -0.39 is 0 Å². The Kier molecular flexibility index (Phi) is 7.33. The van der Waals surface area contributed by atoms with E-state index in [0.717, 1.165) is 49.9 Å². The third kappa shape index (κ3) is 5.48. The van der Waals surface area contributed by atoms with Gasteiger partial charge in [-0.3, -0.25) is 4.90 Å². The number of morpholine rings is 1. The van der Waals surface area contributed by atoms with Crippen LogP contribution in [0, 0.1) is 0 Å². The third-order valence-corrected chi connectivity index (χ3v) is 3.85. The maximum absolute atomic E-state index is 5.88. The van der Waals surface area contributed by atoms with E-state index in [9.17, 15) is 0 Å². The van der Waals surface area contributed by atoms with Crippen LogP contribution in [0.2, 0.25) is 5.02 Å². The molecular formula is C16H20Cl2N2O3. The Hall–Kier alpha value is -1.11. The Morgan fingerprint density at radius 3 is 2.65 bits per heavy atom. The van der Waals surface area contributed by atoms with E-state index in [4.69, 9.17) is 25.6 Å². The molecule has 0 spiro atoms. The Morgan fingerprint density at radius 2 is 1.91 bits per heavy atom. The lowest BCUT2D eigenvalue weighted by molar-refractivity contribution is 0.0155. The van der Waals surface area contributed by atoms with Crippen LogP contribution in [0.1, 0.15) is 5.76 Å². The molecule has 2 heterocycles. The number of aromatic nitrogens is 1. The van der Waals surface area contributed by atoms with Crippen LogP contribution in [0.4, 0.5) is 0 Å². The summed E-state index contributed by atoms with van der Waals surface area (Å²) in [4.78, 5) is 2.34. The largest absolute Gasteiger partial charge is 0.379 e. The second-order valence-electron chi connectivity index (χ2n) is 5.19. The van der Waals surface area contributed by atoms with Gasteiger partial charge in [-0.05, 0) is 12.1 Å². The molecule has 0 N–H and O–H groups in total. The van der Waals surface area contributed by atoms with Crippen molar-refractivity contribution in [3.8, 4) is 11.3 Å². The molecule has 0 saturated carbocycles. The van der Waals surface area contributed by atoms with Crippen molar-refractivity contribution in [2.45, 2.75) is 6.61 Å². The van der Waals surface area contributed by atoms with Gasteiger partial charge in [0.2, 0.25) is 0 Å². The van der Waals surface area contributed by atoms with E-state index >= 15 is 0 Å². The fraction of sp³-hybridized carbons (Fsp3) is 0.438. The molecule has 126 valence electrons. The number of hydrogen-bond acceptors (Lipinski definition) is 5. The van der Waals surface area contributed by atoms with E-state index in [2.05, 4.69) is 10.1 Å². The molecule has 1 aromatic heterocycles. The Bertz CT molecular complexity index is 583. The summed E-state index contributed by atoms with van der Waals surface area (Å²) in [6.07, 6.45) is 0. The first kappa shape index (κ1) is 18.2. The molecule has 1 fully saturated rings. The molecule has 0 amide bonds. The summed E-state index contributed by atoms with van der Waals surface area (Å²) in [6.45, 7) is 5.61. The van der Waals surface area contributed by atoms with Gasteiger partial charge < -0.3 is 14.0 Å². The van der Waals surface area contributed by atoms with Gasteiger partial charge in [0.05, 0.1) is 19.8 Å². The maximum atomic E-state index is 5.88. The standard InChI is InChI=1S/C16H19ClN2O3.ClH/c17-14-3-1-13(2-4-14)16-11-15(22-18-16)12-21-10-7-19-5-8-20-9-6-19;/h1-4,11H,5-10,12H2;1H. The number of hydrogen-bond donors (Lipinski definition) is 0. The van der Waals surface area contributed by atoms with Gasteiger partial charge in [0.25, 0.3) is 0 Å². The number of ether oxygens (including phenoxy) is 2. The maximum Gasteiger partial charge on any atom is 0.163 e. The van der Waals surface area contributed by atoms with Crippen LogP contribution < -0.4 is 0 Å². The predicted octanol–water partition coefficient (Wildman–Crippen LogP) is 3.27. The Balaban J connectivity index is 0.00000192. The van der Waals surface area contributed by atoms with Gasteiger partial charge in [0.1, 0.15) is 12.3 Å². The highest BCUT2D eigenvalue weighted by Crippen LogP contribution is 2.21. The molecule has 7 heteroatoms. The van der Waals surface area contributed by atoms with E-state index in [1.165, 1.54) is 0 Å². The average Bonchev–Trinajstić information content (AvgIpc) is 3.02. The second kappa shape index (κ2) is 9.25. The summed E-state index contributed by atoms with van der Waals surface area (Å²) in [6, 6.07) is 9.42. The van der Waals surface area contributed by atoms with E-state index in [1.54, 1.807) is 0 Å². The molecule has 0 aliphatic carbocycles. The molecule has 0 atom stereocenters. The quantitative estimate of drug-likeness (QED) is 0.741. The Morgan fingerprint density at radius 1 is 1.17 bits per heavy atom. The van der Waals surface area contributed by atoms with Crippen molar-refractivity contribution in [1.82, 2.24) is 10.1 Å². The molecule has 1 aliphatic heterocycles. The van der Waals surface area contributed by atoms with Gasteiger partial charge >= 0.3 is 0 Å². The minimum atomic E-state index is 0. The van der Waals surface area contributed by atoms with Crippen LogP contribution in [0.5, 0.6) is 0 Å². The molecule has 1 aliphatic rings. The van der Waals surface area contributed by atoms with E-state index in [-0.39, 0.29) is 12.4 Å². The summed E-state index contributed by atoms with van der Waals surface area (Å²) in [5.74, 6) is 0.729. The van der Waals surface area contributed by atoms with Gasteiger partial charge in [-0.15, -0.1) is 12.4 Å². The summed E-state index contributed by atoms with van der Waals surface area (Å²) < 4.78 is 16.3. The summed E-state index contributed by atoms with van der Waals surface area (Å²) >= 11 is 5.88. The molecule has 1 saturated heterocycles. The molecular weight excluding hydrogens is 339 g/mol. The lowest BCUT2D eigenvalue weighted by atomic mass is 10.1. The molecule has 5 nitrogen and oxygen atoms in total. The normalized spacial score (nSPS) is 15.3. The Labute approximate surface area is 146 Å². The fourth-order valence-electron chi connectivity index (χ4n) is 2.33. The zero-order valence-corrected chi connectivity index (χ0v) is 14.3. The van der Waals surface area contributed by atoms with Crippen molar-refractivity contribution in [3.05, 3.63) is 41.1 Å². The van der Waals surface area contributed by atoms with Gasteiger partial charge in [-0.1, -0.05) is 28.9 Å². The molecule has 2 aromatic rings. The predicted molar refractivity (Wildman–Crippen MR) is 91.1 cm³/mol. The fourth-order valence-corrected chi connectivity index (χ4v) is 2.45. The lowest BCUT2D eigenvalue weighted by Gasteiger charge is -2.26. The third-order valence-electron chi connectivity index (χ3n) is 3.60. The first-order valence-electron chi connectivity index (χ1n) is 7.40. The lowest BCUT2D eigenvalue weighted by Crippen LogP contribution is -2.38. The van der Waals surface area contributed by atoms with E-state index in [1.807, 2.05) is 30.3 Å². The smallest absolute Gasteiger partial charge is 0.163 e. The van der Waals surface area contributed by atoms with Gasteiger partial charge in [0, 0.05) is 36.3 Å². The van der Waals surface area contributed by atoms with Crippen LogP contribution in [-0.4, -0.2) is 49.5 Å². The minimum absolute atomic E-state index is 0. The molecule has 0 bridgehead atoms. The highest BCUT2D eigenvalue weighted by Gasteiger charge is 2.10. The monoisotopic (exact) mass is 358 g/mol. The zero-order valence-electron chi connectivity index (χ0n) is 12.7. The first-order chi connectivity index (χ1) is 10.8. The van der Waals surface area contributed by atoms with Crippen LogP contribution in [0.3, 0.4) is 0 Å². The molecule has 0 unspecified atom stereocenters. The van der Waals surface area contributed by atoms with E-state index in [0.29, 0.717) is 18.2 Å². The van der Waals surface area contributed by atoms with Crippen LogP contribution >= 0.6 is 24.0 Å². The van der Waals surface area contributed by atoms with Crippen LogP contribution in [0.15, 0.2) is 34.9 Å². The number of nitrogens with zero attached hydrogens (tertiary/aromatic N) is 2. The van der Waals surface area contributed by atoms with Gasteiger partial charge in [-0.2, -0.15) is 0 Å². The summed E-state index contributed by atoms with van der Waals surface area (Å²) in [5.41, 5.74) is 1.77. The van der Waals surface area contributed by atoms with Gasteiger partial charge in [-0.25, -0.2) is 0 Å². The van der Waals surface area contributed by atoms with Crippen molar-refractivity contribution in [3.63, 3.8) is 0 Å². The van der Waals surface area contributed by atoms with Crippen LogP contribution in [0.25, 0.3) is 11.3 Å². The van der Waals surface area contributed by atoms with Crippen molar-refractivity contribution >= 4 is 24.0 Å². The molecule has 3 rings (SSSR count). The topological polar surface area (TPSA) is 47.7 Å². The van der Waals surface area contributed by atoms with Crippen molar-refractivity contribution in [2.24, 2.45) is 0 Å². The SMILES string of the molecule is Cl.Clc1ccc(-c2cc(COCCN3CCOCC3)on2)cc1. The first-order valence-corrected chi connectivity index (χ1v) is 7.78. The van der Waals surface area contributed by atoms with Crippen molar-refractivity contribution in [1.29, 1.82) is 0 Å². The molecule has 1 aromatic carbocycles. The van der Waals surface area contributed by atoms with Gasteiger partial charge in [0.15, 0.2) is 5.76 Å². The molecule has 23 heavy (non-hydrogen) atoms. The molecule has 0 radical (unpaired) electrons. The highest BCUT2D eigenvalue weighted by molar-refractivity contribution is 6.30. The zero-order chi connectivity index (χ0) is 15.2. The average molecular weight is 359 g/mol. The summed E-state index contributed by atoms with van der Waals surface area (Å²) in [7, 11) is 0. The van der Waals surface area contributed by atoms with Crippen molar-refractivity contribution in [2.75, 3.05) is 39.5 Å². The summed E-state index contributed by atoms with van der Waals surface area (Å²) in [5, 5.41) is 4.77. The number of halogens is 2. The second-order valence-corrected chi connectivity index (χ2v) is 5.63.